The normalized spacial score (nSPS) is 25.7. The van der Waals surface area contributed by atoms with Gasteiger partial charge in [-0.1, -0.05) is 31.2 Å². The number of aliphatic hydroxyl groups is 1. The minimum Gasteiger partial charge on any atom is -0.395 e. The van der Waals surface area contributed by atoms with Gasteiger partial charge in [-0.2, -0.15) is 0 Å². The Morgan fingerprint density at radius 1 is 1.33 bits per heavy atom. The minimum atomic E-state index is -0.147. The van der Waals surface area contributed by atoms with E-state index in [9.17, 15) is 5.11 Å². The fraction of sp³-hybridized carbons (Fsp3) is 0.538. The first-order valence-corrected chi connectivity index (χ1v) is 5.59. The predicted molar refractivity (Wildman–Crippen MR) is 60.0 cm³/mol. The summed E-state index contributed by atoms with van der Waals surface area (Å²) < 4.78 is 5.40. The summed E-state index contributed by atoms with van der Waals surface area (Å²) >= 11 is 0. The van der Waals surface area contributed by atoms with Crippen molar-refractivity contribution in [3.8, 4) is 0 Å². The Bertz CT molecular complexity index is 310. The van der Waals surface area contributed by atoms with Crippen LogP contribution in [-0.4, -0.2) is 24.9 Å². The van der Waals surface area contributed by atoms with Gasteiger partial charge in [0.05, 0.1) is 13.2 Å². The summed E-state index contributed by atoms with van der Waals surface area (Å²) in [6.07, 6.45) is 1.98. The van der Waals surface area contributed by atoms with Gasteiger partial charge in [0.1, 0.15) is 0 Å². The lowest BCUT2D eigenvalue weighted by molar-refractivity contribution is 0.140. The van der Waals surface area contributed by atoms with Crippen molar-refractivity contribution >= 4 is 0 Å². The molecule has 1 atom stereocenters. The molecule has 1 aliphatic heterocycles. The topological polar surface area (TPSA) is 29.5 Å². The molecule has 0 amide bonds. The molecule has 0 unspecified atom stereocenters. The molecule has 0 bridgehead atoms. The van der Waals surface area contributed by atoms with Crippen molar-refractivity contribution < 1.29 is 9.84 Å². The standard InChI is InChI=1S/C13H18O2/c1-2-11-3-5-12(6-4-11)13(9-14)7-8-15-10-13/h3-6,14H,2,7-10H2,1H3/t13-/m0/s1. The van der Waals surface area contributed by atoms with Crippen LogP contribution in [0.15, 0.2) is 24.3 Å². The van der Waals surface area contributed by atoms with Crippen LogP contribution in [0.4, 0.5) is 0 Å². The van der Waals surface area contributed by atoms with E-state index in [2.05, 4.69) is 31.2 Å². The molecule has 1 aromatic carbocycles. The smallest absolute Gasteiger partial charge is 0.0585 e. The van der Waals surface area contributed by atoms with Gasteiger partial charge in [0.2, 0.25) is 0 Å². The van der Waals surface area contributed by atoms with Crippen LogP contribution < -0.4 is 0 Å². The Hall–Kier alpha value is -0.860. The Balaban J connectivity index is 2.26. The molecule has 82 valence electrons. The summed E-state index contributed by atoms with van der Waals surface area (Å²) in [7, 11) is 0. The Kier molecular flexibility index (Phi) is 3.08. The molecule has 1 heterocycles. The van der Waals surface area contributed by atoms with Gasteiger partial charge in [-0.05, 0) is 24.0 Å². The van der Waals surface area contributed by atoms with E-state index in [1.165, 1.54) is 11.1 Å². The van der Waals surface area contributed by atoms with E-state index in [-0.39, 0.29) is 12.0 Å². The van der Waals surface area contributed by atoms with E-state index in [0.717, 1.165) is 19.4 Å². The molecule has 2 heteroatoms. The second-order valence-electron chi connectivity index (χ2n) is 4.29. The lowest BCUT2D eigenvalue weighted by Crippen LogP contribution is -2.30. The highest BCUT2D eigenvalue weighted by Gasteiger charge is 2.35. The molecule has 0 saturated carbocycles. The zero-order valence-corrected chi connectivity index (χ0v) is 9.20. The molecule has 0 radical (unpaired) electrons. The van der Waals surface area contributed by atoms with Gasteiger partial charge in [0, 0.05) is 12.0 Å². The molecule has 1 fully saturated rings. The van der Waals surface area contributed by atoms with Crippen molar-refractivity contribution in [2.45, 2.75) is 25.2 Å². The van der Waals surface area contributed by atoms with Gasteiger partial charge in [-0.3, -0.25) is 0 Å². The molecule has 0 spiro atoms. The number of hydrogen-bond acceptors (Lipinski definition) is 2. The van der Waals surface area contributed by atoms with Crippen LogP contribution in [0.1, 0.15) is 24.5 Å². The van der Waals surface area contributed by atoms with E-state index in [1.807, 2.05) is 0 Å². The van der Waals surface area contributed by atoms with Gasteiger partial charge in [-0.15, -0.1) is 0 Å². The summed E-state index contributed by atoms with van der Waals surface area (Å²) in [5.74, 6) is 0. The average molecular weight is 206 g/mol. The van der Waals surface area contributed by atoms with Crippen LogP contribution >= 0.6 is 0 Å². The summed E-state index contributed by atoms with van der Waals surface area (Å²) in [5, 5.41) is 9.52. The first-order valence-electron chi connectivity index (χ1n) is 5.59. The summed E-state index contributed by atoms with van der Waals surface area (Å²) in [6.45, 7) is 3.74. The van der Waals surface area contributed by atoms with Crippen molar-refractivity contribution in [3.63, 3.8) is 0 Å². The molecule has 2 nitrogen and oxygen atoms in total. The first-order chi connectivity index (χ1) is 7.30. The molecule has 1 N–H and O–H groups in total. The SMILES string of the molecule is CCc1ccc([C@]2(CO)CCOC2)cc1. The van der Waals surface area contributed by atoms with Crippen molar-refractivity contribution in [2.24, 2.45) is 0 Å². The largest absolute Gasteiger partial charge is 0.395 e. The Morgan fingerprint density at radius 3 is 2.53 bits per heavy atom. The zero-order chi connectivity index (χ0) is 10.7. The second-order valence-corrected chi connectivity index (χ2v) is 4.29. The number of aliphatic hydroxyl groups excluding tert-OH is 1. The maximum Gasteiger partial charge on any atom is 0.0585 e. The molecule has 0 aromatic heterocycles. The van der Waals surface area contributed by atoms with Gasteiger partial charge in [-0.25, -0.2) is 0 Å². The first kappa shape index (κ1) is 10.7. The Labute approximate surface area is 90.9 Å². The van der Waals surface area contributed by atoms with Crippen molar-refractivity contribution in [1.29, 1.82) is 0 Å². The Morgan fingerprint density at radius 2 is 2.07 bits per heavy atom. The van der Waals surface area contributed by atoms with Crippen molar-refractivity contribution in [3.05, 3.63) is 35.4 Å². The molecule has 15 heavy (non-hydrogen) atoms. The lowest BCUT2D eigenvalue weighted by atomic mass is 9.80. The van der Waals surface area contributed by atoms with E-state index < -0.39 is 0 Å². The highest BCUT2D eigenvalue weighted by atomic mass is 16.5. The number of benzene rings is 1. The quantitative estimate of drug-likeness (QED) is 0.818. The van der Waals surface area contributed by atoms with Gasteiger partial charge in [0.25, 0.3) is 0 Å². The summed E-state index contributed by atoms with van der Waals surface area (Å²) in [5.41, 5.74) is 2.40. The van der Waals surface area contributed by atoms with Crippen LogP contribution in [0.25, 0.3) is 0 Å². The monoisotopic (exact) mass is 206 g/mol. The number of ether oxygens (including phenoxy) is 1. The van der Waals surface area contributed by atoms with Crippen LogP contribution in [0.2, 0.25) is 0 Å². The summed E-state index contributed by atoms with van der Waals surface area (Å²) in [4.78, 5) is 0. The van der Waals surface area contributed by atoms with E-state index in [1.54, 1.807) is 0 Å². The predicted octanol–water partition coefficient (Wildman–Crippen LogP) is 1.90. The third-order valence-electron chi connectivity index (χ3n) is 3.38. The van der Waals surface area contributed by atoms with E-state index in [0.29, 0.717) is 6.61 Å². The van der Waals surface area contributed by atoms with Crippen LogP contribution in [0, 0.1) is 0 Å². The molecular formula is C13H18O2. The molecule has 2 rings (SSSR count). The molecule has 1 aromatic rings. The van der Waals surface area contributed by atoms with E-state index in [4.69, 9.17) is 4.74 Å². The highest BCUT2D eigenvalue weighted by Crippen LogP contribution is 2.32. The van der Waals surface area contributed by atoms with Gasteiger partial charge < -0.3 is 9.84 Å². The minimum absolute atomic E-state index is 0.147. The van der Waals surface area contributed by atoms with Gasteiger partial charge in [0.15, 0.2) is 0 Å². The summed E-state index contributed by atoms with van der Waals surface area (Å²) in [6, 6.07) is 8.55. The zero-order valence-electron chi connectivity index (χ0n) is 9.20. The molecule has 1 aliphatic rings. The molecule has 0 aliphatic carbocycles. The molecular weight excluding hydrogens is 188 g/mol. The van der Waals surface area contributed by atoms with Crippen LogP contribution in [-0.2, 0) is 16.6 Å². The maximum atomic E-state index is 9.52. The third-order valence-corrected chi connectivity index (χ3v) is 3.38. The number of aryl methyl sites for hydroxylation is 1. The average Bonchev–Trinajstić information content (AvgIpc) is 2.79. The fourth-order valence-corrected chi connectivity index (χ4v) is 2.14. The van der Waals surface area contributed by atoms with Crippen molar-refractivity contribution in [2.75, 3.05) is 19.8 Å². The molecule has 1 saturated heterocycles. The van der Waals surface area contributed by atoms with E-state index >= 15 is 0 Å². The second kappa shape index (κ2) is 4.33. The van der Waals surface area contributed by atoms with Crippen LogP contribution in [0.5, 0.6) is 0 Å². The number of rotatable bonds is 3. The fourth-order valence-electron chi connectivity index (χ4n) is 2.14. The highest BCUT2D eigenvalue weighted by molar-refractivity contribution is 5.30. The van der Waals surface area contributed by atoms with Gasteiger partial charge >= 0.3 is 0 Å². The number of hydrogen-bond donors (Lipinski definition) is 1. The maximum absolute atomic E-state index is 9.52. The van der Waals surface area contributed by atoms with Crippen LogP contribution in [0.3, 0.4) is 0 Å². The van der Waals surface area contributed by atoms with Crippen molar-refractivity contribution in [1.82, 2.24) is 0 Å². The third kappa shape index (κ3) is 1.92. The lowest BCUT2D eigenvalue weighted by Gasteiger charge is -2.25.